The topological polar surface area (TPSA) is 104 Å². The van der Waals surface area contributed by atoms with Crippen molar-refractivity contribution in [1.29, 1.82) is 0 Å². The Hall–Kier alpha value is -1.44. The van der Waals surface area contributed by atoms with E-state index in [1.807, 2.05) is 0 Å². The van der Waals surface area contributed by atoms with E-state index in [-0.39, 0.29) is 23.9 Å². The molecule has 0 heterocycles. The number of halogens is 1. The van der Waals surface area contributed by atoms with Gasteiger partial charge in [-0.05, 0) is 23.5 Å². The largest absolute Gasteiger partial charge is 0.488 e. The number of carboxylic acid groups (broad SMARTS) is 1. The van der Waals surface area contributed by atoms with Crippen molar-refractivity contribution in [3.63, 3.8) is 0 Å². The Morgan fingerprint density at radius 2 is 2.11 bits per heavy atom. The van der Waals surface area contributed by atoms with Gasteiger partial charge >= 0.3 is 13.1 Å². The molecule has 0 saturated carbocycles. The molecule has 5 nitrogen and oxygen atoms in total. The molecule has 1 aromatic carbocycles. The first-order valence-corrected chi connectivity index (χ1v) is 5.47. The second-order valence-electron chi connectivity index (χ2n) is 4.22. The van der Waals surface area contributed by atoms with Crippen LogP contribution in [0.1, 0.15) is 18.9 Å². The van der Waals surface area contributed by atoms with Crippen molar-refractivity contribution in [3.8, 4) is 0 Å². The van der Waals surface area contributed by atoms with Crippen LogP contribution in [0, 0.1) is 5.82 Å². The summed E-state index contributed by atoms with van der Waals surface area (Å²) in [4.78, 5) is 11.0. The van der Waals surface area contributed by atoms with E-state index in [0.29, 0.717) is 0 Å². The maximum absolute atomic E-state index is 13.7. The number of rotatable bonds is 5. The zero-order chi connectivity index (χ0) is 13.9. The Bertz CT molecular complexity index is 455. The average Bonchev–Trinajstić information content (AvgIpc) is 2.31. The van der Waals surface area contributed by atoms with Gasteiger partial charge < -0.3 is 20.9 Å². The van der Waals surface area contributed by atoms with Crippen molar-refractivity contribution in [2.45, 2.75) is 25.3 Å². The van der Waals surface area contributed by atoms with Crippen LogP contribution in [0.3, 0.4) is 0 Å². The highest BCUT2D eigenvalue weighted by Crippen LogP contribution is 2.17. The van der Waals surface area contributed by atoms with Crippen LogP contribution < -0.4 is 11.2 Å². The van der Waals surface area contributed by atoms with Gasteiger partial charge in [0, 0.05) is 6.42 Å². The molecule has 5 N–H and O–H groups in total. The Kier molecular flexibility index (Phi) is 4.45. The molecule has 1 unspecified atom stereocenters. The van der Waals surface area contributed by atoms with Crippen LogP contribution in [0.25, 0.3) is 0 Å². The van der Waals surface area contributed by atoms with E-state index in [4.69, 9.17) is 20.9 Å². The van der Waals surface area contributed by atoms with Gasteiger partial charge in [0.25, 0.3) is 0 Å². The maximum atomic E-state index is 13.7. The molecule has 18 heavy (non-hydrogen) atoms. The number of aliphatic carboxylic acids is 1. The van der Waals surface area contributed by atoms with E-state index < -0.39 is 24.4 Å². The Morgan fingerprint density at radius 3 is 2.50 bits per heavy atom. The fourth-order valence-electron chi connectivity index (χ4n) is 1.56. The fraction of sp³-hybridized carbons (Fsp3) is 0.364. The molecule has 7 heteroatoms. The lowest BCUT2D eigenvalue weighted by Crippen LogP contribution is -2.49. The summed E-state index contributed by atoms with van der Waals surface area (Å²) in [5.74, 6) is -1.90. The summed E-state index contributed by atoms with van der Waals surface area (Å²) >= 11 is 0. The zero-order valence-electron chi connectivity index (χ0n) is 9.93. The summed E-state index contributed by atoms with van der Waals surface area (Å²) in [6, 6.07) is 3.59. The number of carboxylic acids is 1. The summed E-state index contributed by atoms with van der Waals surface area (Å²) < 4.78 is 13.7. The summed E-state index contributed by atoms with van der Waals surface area (Å²) in [7, 11) is -1.76. The number of carbonyl (C=O) groups is 1. The zero-order valence-corrected chi connectivity index (χ0v) is 9.93. The van der Waals surface area contributed by atoms with E-state index in [9.17, 15) is 9.18 Å². The summed E-state index contributed by atoms with van der Waals surface area (Å²) in [5, 5.41) is 26.8. The third kappa shape index (κ3) is 3.07. The molecule has 1 rings (SSSR count). The van der Waals surface area contributed by atoms with Crippen LogP contribution in [-0.2, 0) is 11.2 Å². The van der Waals surface area contributed by atoms with Crippen LogP contribution in [-0.4, -0.2) is 33.8 Å². The first-order chi connectivity index (χ1) is 8.30. The van der Waals surface area contributed by atoms with Gasteiger partial charge in [0.1, 0.15) is 11.4 Å². The van der Waals surface area contributed by atoms with E-state index in [1.165, 1.54) is 12.1 Å². The molecule has 0 spiro atoms. The van der Waals surface area contributed by atoms with E-state index in [1.54, 1.807) is 6.92 Å². The van der Waals surface area contributed by atoms with Gasteiger partial charge in [0.05, 0.1) is 0 Å². The van der Waals surface area contributed by atoms with Gasteiger partial charge in [-0.1, -0.05) is 19.1 Å². The number of benzene rings is 1. The van der Waals surface area contributed by atoms with Crippen LogP contribution in [0.4, 0.5) is 4.39 Å². The van der Waals surface area contributed by atoms with Gasteiger partial charge in [0.15, 0.2) is 0 Å². The molecule has 0 radical (unpaired) electrons. The van der Waals surface area contributed by atoms with Gasteiger partial charge in [-0.25, -0.2) is 4.39 Å². The number of hydrogen-bond acceptors (Lipinski definition) is 4. The predicted octanol–water partition coefficient (Wildman–Crippen LogP) is -0.760. The second kappa shape index (κ2) is 5.47. The highest BCUT2D eigenvalue weighted by molar-refractivity contribution is 6.58. The van der Waals surface area contributed by atoms with Crippen molar-refractivity contribution in [2.75, 3.05) is 0 Å². The summed E-state index contributed by atoms with van der Waals surface area (Å²) in [6.45, 7) is 1.61. The monoisotopic (exact) mass is 255 g/mol. The highest BCUT2D eigenvalue weighted by Gasteiger charge is 2.33. The Labute approximate surface area is 104 Å². The quantitative estimate of drug-likeness (QED) is 0.518. The summed E-state index contributed by atoms with van der Waals surface area (Å²) in [6.07, 6.45) is -0.00137. The van der Waals surface area contributed by atoms with E-state index >= 15 is 0 Å². The Morgan fingerprint density at radius 1 is 1.50 bits per heavy atom. The molecule has 0 fully saturated rings. The molecule has 0 amide bonds. The van der Waals surface area contributed by atoms with Crippen molar-refractivity contribution in [1.82, 2.24) is 0 Å². The Balaban J connectivity index is 3.02. The fourth-order valence-corrected chi connectivity index (χ4v) is 1.56. The molecule has 1 aromatic rings. The second-order valence-corrected chi connectivity index (χ2v) is 4.22. The summed E-state index contributed by atoms with van der Waals surface area (Å²) in [5.41, 5.74) is 4.28. The van der Waals surface area contributed by atoms with E-state index in [2.05, 4.69) is 0 Å². The van der Waals surface area contributed by atoms with Gasteiger partial charge in [0.2, 0.25) is 0 Å². The van der Waals surface area contributed by atoms with Crippen molar-refractivity contribution < 1.29 is 24.3 Å². The van der Waals surface area contributed by atoms with Crippen LogP contribution >= 0.6 is 0 Å². The van der Waals surface area contributed by atoms with Gasteiger partial charge in [-0.2, -0.15) is 0 Å². The minimum atomic E-state index is -1.76. The molecule has 0 bridgehead atoms. The lowest BCUT2D eigenvalue weighted by Gasteiger charge is -2.23. The molecular formula is C11H15BFNO4. The first-order valence-electron chi connectivity index (χ1n) is 5.47. The molecule has 0 aliphatic carbocycles. The van der Waals surface area contributed by atoms with Crippen LogP contribution in [0.15, 0.2) is 18.2 Å². The van der Waals surface area contributed by atoms with Crippen molar-refractivity contribution in [2.24, 2.45) is 5.73 Å². The van der Waals surface area contributed by atoms with Crippen LogP contribution in [0.5, 0.6) is 0 Å². The lowest BCUT2D eigenvalue weighted by atomic mass is 9.79. The third-order valence-electron chi connectivity index (χ3n) is 2.94. The normalized spacial score (nSPS) is 14.1. The SMILES string of the molecule is CCC(N)(Cc1ccc(B(O)O)cc1F)C(=O)O. The van der Waals surface area contributed by atoms with Crippen molar-refractivity contribution in [3.05, 3.63) is 29.6 Å². The lowest BCUT2D eigenvalue weighted by molar-refractivity contribution is -0.143. The van der Waals surface area contributed by atoms with Crippen molar-refractivity contribution >= 4 is 18.6 Å². The maximum Gasteiger partial charge on any atom is 0.488 e. The molecular weight excluding hydrogens is 240 g/mol. The predicted molar refractivity (Wildman–Crippen MR) is 64.8 cm³/mol. The molecule has 1 atom stereocenters. The first kappa shape index (κ1) is 14.6. The molecule has 0 aliphatic heterocycles. The van der Waals surface area contributed by atoms with Crippen LogP contribution in [0.2, 0.25) is 0 Å². The minimum absolute atomic E-state index is 0.00527. The smallest absolute Gasteiger partial charge is 0.480 e. The molecule has 98 valence electrons. The standard InChI is InChI=1S/C11H15BFNO4/c1-2-11(14,10(15)16)6-7-3-4-8(12(17)18)5-9(7)13/h3-5,17-18H,2,6,14H2,1H3,(H,15,16). The number of nitrogens with two attached hydrogens (primary N) is 1. The van der Waals surface area contributed by atoms with Gasteiger partial charge in [-0.3, -0.25) is 4.79 Å². The highest BCUT2D eigenvalue weighted by atomic mass is 19.1. The third-order valence-corrected chi connectivity index (χ3v) is 2.94. The molecule has 0 saturated heterocycles. The molecule has 0 aromatic heterocycles. The van der Waals surface area contributed by atoms with Gasteiger partial charge in [-0.15, -0.1) is 0 Å². The number of hydrogen-bond donors (Lipinski definition) is 4. The minimum Gasteiger partial charge on any atom is -0.480 e. The molecule has 0 aliphatic rings. The van der Waals surface area contributed by atoms with E-state index in [0.717, 1.165) is 6.07 Å². The average molecular weight is 255 g/mol.